The van der Waals surface area contributed by atoms with E-state index in [-0.39, 0.29) is 5.78 Å². The Bertz CT molecular complexity index is 230. The maximum atomic E-state index is 11.0. The normalized spacial score (nSPS) is 18.7. The maximum Gasteiger partial charge on any atom is 0.190 e. The van der Waals surface area contributed by atoms with Crippen LogP contribution in [0.2, 0.25) is 0 Å². The predicted octanol–water partition coefficient (Wildman–Crippen LogP) is 2.38. The van der Waals surface area contributed by atoms with Gasteiger partial charge in [-0.3, -0.25) is 4.79 Å². The summed E-state index contributed by atoms with van der Waals surface area (Å²) in [5.74, 6) is 0.665. The van der Waals surface area contributed by atoms with Crippen LogP contribution in [0.1, 0.15) is 46.0 Å². The molecule has 3 nitrogen and oxygen atoms in total. The van der Waals surface area contributed by atoms with Gasteiger partial charge in [0, 0.05) is 12.1 Å². The SMILES string of the molecule is CCO/C(=C/C(C)=O)NC1CCCCC1. The fraction of sp³-hybridized carbons (Fsp3) is 0.750. The van der Waals surface area contributed by atoms with Crippen molar-refractivity contribution in [3.05, 3.63) is 12.0 Å². The summed E-state index contributed by atoms with van der Waals surface area (Å²) in [5.41, 5.74) is 0. The first kappa shape index (κ1) is 12.1. The Balaban J connectivity index is 2.45. The molecule has 0 saturated heterocycles. The minimum absolute atomic E-state index is 0.0294. The van der Waals surface area contributed by atoms with E-state index in [0.29, 0.717) is 18.5 Å². The lowest BCUT2D eigenvalue weighted by Crippen LogP contribution is -2.31. The molecule has 1 aliphatic carbocycles. The second-order valence-corrected chi connectivity index (χ2v) is 4.03. The van der Waals surface area contributed by atoms with Gasteiger partial charge < -0.3 is 10.1 Å². The average molecular weight is 211 g/mol. The van der Waals surface area contributed by atoms with E-state index < -0.39 is 0 Å². The van der Waals surface area contributed by atoms with Gasteiger partial charge in [-0.25, -0.2) is 0 Å². The van der Waals surface area contributed by atoms with Gasteiger partial charge in [-0.05, 0) is 26.7 Å². The van der Waals surface area contributed by atoms with Gasteiger partial charge in [-0.1, -0.05) is 19.3 Å². The van der Waals surface area contributed by atoms with E-state index in [1.54, 1.807) is 6.92 Å². The van der Waals surface area contributed by atoms with Crippen molar-refractivity contribution in [2.75, 3.05) is 6.61 Å². The predicted molar refractivity (Wildman–Crippen MR) is 60.4 cm³/mol. The molecule has 15 heavy (non-hydrogen) atoms. The quantitative estimate of drug-likeness (QED) is 0.560. The highest BCUT2D eigenvalue weighted by Gasteiger charge is 2.14. The van der Waals surface area contributed by atoms with Crippen molar-refractivity contribution in [1.29, 1.82) is 0 Å². The number of ether oxygens (including phenoxy) is 1. The molecule has 0 heterocycles. The van der Waals surface area contributed by atoms with Gasteiger partial charge in [0.1, 0.15) is 0 Å². The number of allylic oxidation sites excluding steroid dienone is 1. The molecule has 1 saturated carbocycles. The molecule has 0 aromatic rings. The molecule has 86 valence electrons. The van der Waals surface area contributed by atoms with Gasteiger partial charge >= 0.3 is 0 Å². The van der Waals surface area contributed by atoms with E-state index in [0.717, 1.165) is 0 Å². The van der Waals surface area contributed by atoms with Crippen LogP contribution >= 0.6 is 0 Å². The average Bonchev–Trinajstić information content (AvgIpc) is 2.18. The van der Waals surface area contributed by atoms with Gasteiger partial charge in [0.2, 0.25) is 0 Å². The largest absolute Gasteiger partial charge is 0.479 e. The third kappa shape index (κ3) is 4.86. The first-order valence-electron chi connectivity index (χ1n) is 5.84. The van der Waals surface area contributed by atoms with Crippen LogP contribution in [-0.2, 0) is 9.53 Å². The Labute approximate surface area is 91.9 Å². The third-order valence-electron chi connectivity index (χ3n) is 2.59. The fourth-order valence-electron chi connectivity index (χ4n) is 1.91. The molecule has 1 fully saturated rings. The van der Waals surface area contributed by atoms with Gasteiger partial charge in [0.25, 0.3) is 0 Å². The third-order valence-corrected chi connectivity index (χ3v) is 2.59. The Morgan fingerprint density at radius 2 is 2.07 bits per heavy atom. The van der Waals surface area contributed by atoms with E-state index in [2.05, 4.69) is 5.32 Å². The van der Waals surface area contributed by atoms with E-state index in [9.17, 15) is 4.79 Å². The molecule has 3 heteroatoms. The number of nitrogens with one attached hydrogen (secondary N) is 1. The van der Waals surface area contributed by atoms with Gasteiger partial charge in [0.15, 0.2) is 11.7 Å². The molecule has 0 spiro atoms. The monoisotopic (exact) mass is 211 g/mol. The molecule has 0 aliphatic heterocycles. The molecular formula is C12H21NO2. The Hall–Kier alpha value is -0.990. The summed E-state index contributed by atoms with van der Waals surface area (Å²) in [6, 6.07) is 0.482. The van der Waals surface area contributed by atoms with E-state index in [1.807, 2.05) is 6.92 Å². The first-order chi connectivity index (χ1) is 7.22. The number of ketones is 1. The summed E-state index contributed by atoms with van der Waals surface area (Å²) in [5, 5.41) is 3.31. The lowest BCUT2D eigenvalue weighted by molar-refractivity contribution is -0.112. The molecule has 0 aromatic carbocycles. The van der Waals surface area contributed by atoms with Crippen LogP contribution in [0.4, 0.5) is 0 Å². The summed E-state index contributed by atoms with van der Waals surface area (Å²) in [6.07, 6.45) is 7.79. The van der Waals surface area contributed by atoms with E-state index in [4.69, 9.17) is 4.74 Å². The molecular weight excluding hydrogens is 190 g/mol. The number of carbonyl (C=O) groups is 1. The molecule has 1 rings (SSSR count). The molecule has 1 N–H and O–H groups in total. The van der Waals surface area contributed by atoms with Gasteiger partial charge in [-0.2, -0.15) is 0 Å². The topological polar surface area (TPSA) is 38.3 Å². The van der Waals surface area contributed by atoms with Crippen LogP contribution in [0.3, 0.4) is 0 Å². The van der Waals surface area contributed by atoms with E-state index in [1.165, 1.54) is 38.2 Å². The van der Waals surface area contributed by atoms with Crippen LogP contribution in [0, 0.1) is 0 Å². The van der Waals surface area contributed by atoms with Crippen LogP contribution in [0.5, 0.6) is 0 Å². The van der Waals surface area contributed by atoms with Crippen molar-refractivity contribution in [1.82, 2.24) is 5.32 Å². The second-order valence-electron chi connectivity index (χ2n) is 4.03. The zero-order chi connectivity index (χ0) is 11.1. The van der Waals surface area contributed by atoms with Crippen LogP contribution < -0.4 is 5.32 Å². The number of hydrogen-bond acceptors (Lipinski definition) is 3. The summed E-state index contributed by atoms with van der Waals surface area (Å²) in [7, 11) is 0. The summed E-state index contributed by atoms with van der Waals surface area (Å²) in [6.45, 7) is 4.07. The number of carbonyl (C=O) groups excluding carboxylic acids is 1. The highest BCUT2D eigenvalue weighted by molar-refractivity contribution is 5.87. The Kier molecular flexibility index (Phi) is 5.22. The van der Waals surface area contributed by atoms with Crippen LogP contribution in [0.25, 0.3) is 0 Å². The molecule has 0 radical (unpaired) electrons. The molecule has 0 amide bonds. The molecule has 0 atom stereocenters. The second kappa shape index (κ2) is 6.49. The van der Waals surface area contributed by atoms with Crippen LogP contribution in [0.15, 0.2) is 12.0 Å². The lowest BCUT2D eigenvalue weighted by Gasteiger charge is -2.24. The smallest absolute Gasteiger partial charge is 0.190 e. The van der Waals surface area contributed by atoms with Crippen molar-refractivity contribution in [2.45, 2.75) is 52.0 Å². The van der Waals surface area contributed by atoms with Gasteiger partial charge in [0.05, 0.1) is 6.61 Å². The lowest BCUT2D eigenvalue weighted by atomic mass is 9.96. The number of rotatable bonds is 5. The number of hydrogen-bond donors (Lipinski definition) is 1. The highest BCUT2D eigenvalue weighted by atomic mass is 16.5. The fourth-order valence-corrected chi connectivity index (χ4v) is 1.91. The highest BCUT2D eigenvalue weighted by Crippen LogP contribution is 2.18. The maximum absolute atomic E-state index is 11.0. The van der Waals surface area contributed by atoms with Gasteiger partial charge in [-0.15, -0.1) is 0 Å². The summed E-state index contributed by atoms with van der Waals surface area (Å²) in [4.78, 5) is 11.0. The van der Waals surface area contributed by atoms with Crippen molar-refractivity contribution in [3.63, 3.8) is 0 Å². The molecule has 0 bridgehead atoms. The minimum atomic E-state index is 0.0294. The van der Waals surface area contributed by atoms with Crippen molar-refractivity contribution in [2.24, 2.45) is 0 Å². The first-order valence-corrected chi connectivity index (χ1v) is 5.84. The zero-order valence-electron chi connectivity index (χ0n) is 9.71. The van der Waals surface area contributed by atoms with Crippen molar-refractivity contribution < 1.29 is 9.53 Å². The van der Waals surface area contributed by atoms with E-state index >= 15 is 0 Å². The standard InChI is InChI=1S/C12H21NO2/c1-3-15-12(9-10(2)14)13-11-7-5-4-6-8-11/h9,11,13H,3-8H2,1-2H3/b12-9+. The van der Waals surface area contributed by atoms with Crippen molar-refractivity contribution in [3.8, 4) is 0 Å². The van der Waals surface area contributed by atoms with Crippen molar-refractivity contribution >= 4 is 5.78 Å². The zero-order valence-corrected chi connectivity index (χ0v) is 9.71. The molecule has 0 aromatic heterocycles. The summed E-state index contributed by atoms with van der Waals surface area (Å²) >= 11 is 0. The van der Waals surface area contributed by atoms with Crippen LogP contribution in [-0.4, -0.2) is 18.4 Å². The molecule has 1 aliphatic rings. The minimum Gasteiger partial charge on any atom is -0.479 e. The Morgan fingerprint density at radius 1 is 1.40 bits per heavy atom. The summed E-state index contributed by atoms with van der Waals surface area (Å²) < 4.78 is 5.38. The Morgan fingerprint density at radius 3 is 2.60 bits per heavy atom. The molecule has 0 unspecified atom stereocenters.